The van der Waals surface area contributed by atoms with Gasteiger partial charge in [0.2, 0.25) is 0 Å². The second-order valence-electron chi connectivity index (χ2n) is 29.5. The SMILES string of the molecule is COC(OC)C1CCN(c2ccc(C)cc2)CC1.COC(OC)C1CCN(c2ccc(O)cc2)CC1.COC(OC)C1CCN(c2ccc(OC3=C(c4ccc(F)cc4)S(=O)c4cc(C)ccc43)cc2)CC1.COC(OC)C1CCNCC1.Cc1ccc(Br)cc1.Cc1ccc2c(c1)S(=O)C(c1ccc(F)cc1)=C2Br.Oc1ccc(Br)cc1. The minimum absolute atomic E-state index is 0.00269. The van der Waals surface area contributed by atoms with Crippen LogP contribution in [0.3, 0.4) is 0 Å². The maximum atomic E-state index is 13.6. The fourth-order valence-electron chi connectivity index (χ4n) is 14.9. The number of hydrogen-bond acceptors (Lipinski definition) is 17. The molecule has 6 heterocycles. The molecule has 0 amide bonds. The molecule has 0 radical (unpaired) electrons. The molecule has 9 aromatic carbocycles. The van der Waals surface area contributed by atoms with E-state index in [9.17, 15) is 22.3 Å². The van der Waals surface area contributed by atoms with Crippen molar-refractivity contribution in [3.8, 4) is 17.2 Å². The highest BCUT2D eigenvalue weighted by Crippen LogP contribution is 2.46. The minimum atomic E-state index is -1.42. The van der Waals surface area contributed by atoms with Gasteiger partial charge in [0.15, 0.2) is 30.9 Å². The Balaban J connectivity index is 0.000000167. The van der Waals surface area contributed by atoms with Crippen molar-refractivity contribution in [1.29, 1.82) is 0 Å². The molecule has 4 fully saturated rings. The third-order valence-corrected chi connectivity index (χ3v) is 26.6. The Labute approximate surface area is 726 Å². The number of nitrogens with zero attached hydrogens (tertiary/aromatic N) is 3. The van der Waals surface area contributed by atoms with E-state index in [1.807, 2.05) is 86.6 Å². The molecule has 4 saturated heterocycles. The predicted octanol–water partition coefficient (Wildman–Crippen LogP) is 21.0. The average molecular weight is 1850 g/mol. The van der Waals surface area contributed by atoms with Gasteiger partial charge in [-0.1, -0.05) is 110 Å². The molecule has 634 valence electrons. The number of phenols is 2. The molecule has 118 heavy (non-hydrogen) atoms. The number of hydrogen-bond donors (Lipinski definition) is 3. The fourth-order valence-corrected chi connectivity index (χ4v) is 19.6. The molecule has 0 saturated carbocycles. The lowest BCUT2D eigenvalue weighted by molar-refractivity contribution is -0.142. The Morgan fingerprint density at radius 3 is 1.03 bits per heavy atom. The zero-order chi connectivity index (χ0) is 84.8. The Bertz CT molecular complexity index is 4470. The first kappa shape index (κ1) is 94.4. The van der Waals surface area contributed by atoms with Crippen molar-refractivity contribution in [3.05, 3.63) is 271 Å². The van der Waals surface area contributed by atoms with E-state index in [0.29, 0.717) is 66.9 Å². The van der Waals surface area contributed by atoms with Crippen molar-refractivity contribution < 1.29 is 70.0 Å². The number of rotatable bonds is 19. The number of aromatic hydroxyl groups is 2. The lowest BCUT2D eigenvalue weighted by Gasteiger charge is -2.36. The molecule has 24 heteroatoms. The summed E-state index contributed by atoms with van der Waals surface area (Å²) in [5.41, 5.74) is 11.5. The number of benzene rings is 9. The summed E-state index contributed by atoms with van der Waals surface area (Å²) >= 11 is 10.1. The molecule has 6 aliphatic heterocycles. The molecule has 0 spiro atoms. The summed E-state index contributed by atoms with van der Waals surface area (Å²) in [6.07, 6.45) is 8.39. The first-order chi connectivity index (χ1) is 57.0. The summed E-state index contributed by atoms with van der Waals surface area (Å²) in [7, 11) is 11.0. The number of methoxy groups -OCH3 is 8. The quantitative estimate of drug-likeness (QED) is 0.0650. The van der Waals surface area contributed by atoms with E-state index in [2.05, 4.69) is 130 Å². The van der Waals surface area contributed by atoms with Crippen LogP contribution < -0.4 is 24.8 Å². The molecule has 6 aliphatic rings. The summed E-state index contributed by atoms with van der Waals surface area (Å²) < 4.78 is 105. The van der Waals surface area contributed by atoms with Crippen LogP contribution in [0.2, 0.25) is 0 Å². The molecule has 2 unspecified atom stereocenters. The highest BCUT2D eigenvalue weighted by molar-refractivity contribution is 9.15. The van der Waals surface area contributed by atoms with Gasteiger partial charge in [-0.2, -0.15) is 0 Å². The Kier molecular flexibility index (Phi) is 38.6. The highest BCUT2D eigenvalue weighted by Gasteiger charge is 2.34. The Hall–Kier alpha value is -7.50. The van der Waals surface area contributed by atoms with Crippen LogP contribution in [0.1, 0.15) is 95.9 Å². The maximum Gasteiger partial charge on any atom is 0.159 e. The third kappa shape index (κ3) is 27.3. The lowest BCUT2D eigenvalue weighted by atomic mass is 9.95. The van der Waals surface area contributed by atoms with Gasteiger partial charge in [-0.3, -0.25) is 0 Å². The summed E-state index contributed by atoms with van der Waals surface area (Å²) in [6, 6.07) is 63.1. The third-order valence-electron chi connectivity index (χ3n) is 21.4. The molecular weight excluding hydrogens is 1730 g/mol. The minimum Gasteiger partial charge on any atom is -0.508 e. The number of phenolic OH excluding ortho intramolecular Hbond substituents is 2. The standard InChI is InChI=1S/C29H30FNO4S.C15H10BrFOS.C15H23NO2.C14H21NO3.C8H17NO2.C7H7Br.C6H5BrO/c1-19-4-13-25-26(18-19)36(32)28(20-5-7-22(30)8-6-20)27(25)35-24-11-9-23(10-12-24)31-16-14-21(15-17-31)29(33-2)34-3;1-9-2-7-12-13(8-9)19(18)15(14(12)16)10-3-5-11(17)6-4-10;1-12-4-6-14(7-5-12)16-10-8-13(9-11-16)15(17-2)18-3;1-17-14(18-2)11-7-9-15(10-8-11)12-3-5-13(16)6-4-12;1-10-8(11-2)7-3-5-9-6-4-7;1-6-2-4-7(8)5-3-6;7-5-1-3-6(8)4-2-5/h4-13,18,21,29H,14-17H2,1-3H3;2-8H,1H3;4-7,13,15H,8-11H2,1-3H3;3-6,11,14,16H,7-10H2,1-2H3;7-9H,3-6H2,1-2H3;2-5H,1H3;1-4,8H. The van der Waals surface area contributed by atoms with E-state index in [4.69, 9.17) is 47.7 Å². The van der Waals surface area contributed by atoms with Gasteiger partial charge in [-0.15, -0.1) is 0 Å². The first-order valence-electron chi connectivity index (χ1n) is 39.7. The summed E-state index contributed by atoms with van der Waals surface area (Å²) in [5, 5.41) is 21.3. The van der Waals surface area contributed by atoms with Gasteiger partial charge in [0, 0.05) is 161 Å². The topological polar surface area (TPSA) is 179 Å². The van der Waals surface area contributed by atoms with Gasteiger partial charge in [0.25, 0.3) is 0 Å². The predicted molar refractivity (Wildman–Crippen MR) is 483 cm³/mol. The average Bonchev–Trinajstić information content (AvgIpc) is 1.61. The van der Waals surface area contributed by atoms with Crippen LogP contribution in [-0.4, -0.2) is 153 Å². The molecule has 3 N–H and O–H groups in total. The zero-order valence-corrected chi connectivity index (χ0v) is 75.9. The number of halogens is 5. The van der Waals surface area contributed by atoms with Crippen molar-refractivity contribution in [2.75, 3.05) is 124 Å². The van der Waals surface area contributed by atoms with Gasteiger partial charge >= 0.3 is 0 Å². The Morgan fingerprint density at radius 1 is 0.373 bits per heavy atom. The molecule has 0 aliphatic carbocycles. The van der Waals surface area contributed by atoms with E-state index >= 15 is 0 Å². The van der Waals surface area contributed by atoms with Crippen molar-refractivity contribution in [2.45, 2.75) is 114 Å². The van der Waals surface area contributed by atoms with Crippen LogP contribution >= 0.6 is 47.8 Å². The number of aryl methyl sites for hydroxylation is 4. The normalized spacial score (nSPS) is 16.9. The van der Waals surface area contributed by atoms with Crippen molar-refractivity contribution >= 4 is 107 Å². The van der Waals surface area contributed by atoms with Crippen LogP contribution in [-0.2, 0) is 59.5 Å². The number of piperidine rings is 4. The smallest absolute Gasteiger partial charge is 0.159 e. The fraction of sp³-hybridized carbons (Fsp3) is 0.383. The second-order valence-corrected chi connectivity index (χ2v) is 34.9. The van der Waals surface area contributed by atoms with Gasteiger partial charge in [0.1, 0.15) is 28.9 Å². The molecule has 9 aromatic rings. The van der Waals surface area contributed by atoms with Crippen LogP contribution in [0.5, 0.6) is 17.2 Å². The molecular formula is C94H113Br3F2N4O13S2. The molecule has 0 bridgehead atoms. The summed E-state index contributed by atoms with van der Waals surface area (Å²) in [6.45, 7) is 16.3. The first-order valence-corrected chi connectivity index (χ1v) is 44.4. The maximum absolute atomic E-state index is 13.6. The van der Waals surface area contributed by atoms with Gasteiger partial charge < -0.3 is 72.9 Å². The molecule has 17 nitrogen and oxygen atoms in total. The van der Waals surface area contributed by atoms with E-state index in [1.54, 1.807) is 118 Å². The van der Waals surface area contributed by atoms with Gasteiger partial charge in [-0.25, -0.2) is 17.2 Å². The Morgan fingerprint density at radius 2 is 0.669 bits per heavy atom. The lowest BCUT2D eigenvalue weighted by Crippen LogP contribution is -2.39. The highest BCUT2D eigenvalue weighted by atomic mass is 79.9. The molecule has 0 aromatic heterocycles. The molecule has 15 rings (SSSR count). The van der Waals surface area contributed by atoms with Gasteiger partial charge in [-0.05, 0) is 270 Å². The molecule has 2 atom stereocenters. The van der Waals surface area contributed by atoms with Crippen LogP contribution in [0.4, 0.5) is 25.8 Å². The van der Waals surface area contributed by atoms with E-state index < -0.39 is 21.6 Å². The summed E-state index contributed by atoms with van der Waals surface area (Å²) in [5.74, 6) is 3.14. The van der Waals surface area contributed by atoms with E-state index in [0.717, 1.165) is 161 Å². The van der Waals surface area contributed by atoms with Crippen LogP contribution in [0.15, 0.2) is 225 Å². The largest absolute Gasteiger partial charge is 0.508 e. The summed E-state index contributed by atoms with van der Waals surface area (Å²) in [4.78, 5) is 9.93. The second kappa shape index (κ2) is 48.2. The van der Waals surface area contributed by atoms with E-state index in [1.165, 1.54) is 41.1 Å². The van der Waals surface area contributed by atoms with E-state index in [-0.39, 0.29) is 36.8 Å². The van der Waals surface area contributed by atoms with Crippen molar-refractivity contribution in [3.63, 3.8) is 0 Å². The number of fused-ring (bicyclic) bond motifs is 2. The monoisotopic (exact) mass is 1840 g/mol. The van der Waals surface area contributed by atoms with Crippen molar-refractivity contribution in [1.82, 2.24) is 5.32 Å². The number of nitrogens with one attached hydrogen (secondary N) is 1. The van der Waals surface area contributed by atoms with Gasteiger partial charge in [0.05, 0.1) is 41.2 Å². The van der Waals surface area contributed by atoms with Crippen LogP contribution in [0.25, 0.3) is 20.1 Å². The number of ether oxygens (including phenoxy) is 9. The zero-order valence-electron chi connectivity index (χ0n) is 69.5. The van der Waals surface area contributed by atoms with Crippen molar-refractivity contribution in [2.24, 2.45) is 23.7 Å². The van der Waals surface area contributed by atoms with Crippen LogP contribution in [0, 0.1) is 63.0 Å². The number of anilines is 3.